The summed E-state index contributed by atoms with van der Waals surface area (Å²) in [6.07, 6.45) is -1.30. The van der Waals surface area contributed by atoms with E-state index >= 15 is 0 Å². The number of aliphatic hydroxyl groups is 2. The molecule has 0 aliphatic rings. The molecule has 4 unspecified atom stereocenters. The maximum Gasteiger partial charge on any atom is 0.328 e. The molecule has 15 nitrogen and oxygen atoms in total. The Balaban J connectivity index is 5.14. The topological polar surface area (TPSA) is 271 Å². The van der Waals surface area contributed by atoms with Crippen LogP contribution in [0.25, 0.3) is 0 Å². The molecule has 0 aromatic carbocycles. The van der Waals surface area contributed by atoms with Crippen LogP contribution in [-0.2, 0) is 28.8 Å². The molecule has 4 amide bonds. The lowest BCUT2D eigenvalue weighted by molar-refractivity contribution is -0.144. The van der Waals surface area contributed by atoms with Crippen LogP contribution in [0.2, 0.25) is 0 Å². The summed E-state index contributed by atoms with van der Waals surface area (Å²) in [4.78, 5) is 68.8. The van der Waals surface area contributed by atoms with Crippen molar-refractivity contribution in [2.24, 2.45) is 11.5 Å². The Labute approximate surface area is 169 Å². The molecular formula is C15H25N5O10. The smallest absolute Gasteiger partial charge is 0.328 e. The minimum Gasteiger partial charge on any atom is -0.481 e. The highest BCUT2D eigenvalue weighted by molar-refractivity contribution is 5.95. The lowest BCUT2D eigenvalue weighted by Crippen LogP contribution is -2.58. The predicted octanol–water partition coefficient (Wildman–Crippen LogP) is -5.42. The van der Waals surface area contributed by atoms with Crippen LogP contribution in [0.1, 0.15) is 19.3 Å². The first-order valence-electron chi connectivity index (χ1n) is 8.54. The van der Waals surface area contributed by atoms with Gasteiger partial charge in [-0.1, -0.05) is 0 Å². The Bertz CT molecular complexity index is 670. The van der Waals surface area contributed by atoms with Gasteiger partial charge in [0.25, 0.3) is 0 Å². The molecule has 0 aromatic heterocycles. The quantitative estimate of drug-likeness (QED) is 0.124. The van der Waals surface area contributed by atoms with Gasteiger partial charge in [-0.3, -0.25) is 24.0 Å². The molecule has 0 fully saturated rings. The molecule has 4 atom stereocenters. The molecule has 30 heavy (non-hydrogen) atoms. The van der Waals surface area contributed by atoms with Crippen LogP contribution in [0.3, 0.4) is 0 Å². The summed E-state index contributed by atoms with van der Waals surface area (Å²) in [5.74, 6) is -7.14. The van der Waals surface area contributed by atoms with Gasteiger partial charge >= 0.3 is 11.9 Å². The van der Waals surface area contributed by atoms with Crippen molar-refractivity contribution in [2.75, 3.05) is 13.2 Å². The zero-order chi connectivity index (χ0) is 23.4. The van der Waals surface area contributed by atoms with Crippen LogP contribution < -0.4 is 27.4 Å². The number of aliphatic hydroxyl groups excluding tert-OH is 2. The van der Waals surface area contributed by atoms with E-state index in [1.807, 2.05) is 10.6 Å². The van der Waals surface area contributed by atoms with Gasteiger partial charge in [0.1, 0.15) is 18.1 Å². The molecule has 0 rings (SSSR count). The average Bonchev–Trinajstić information content (AvgIpc) is 2.66. The van der Waals surface area contributed by atoms with Crippen LogP contribution in [0.15, 0.2) is 0 Å². The number of hydrogen-bond donors (Lipinski definition) is 9. The Morgan fingerprint density at radius 1 is 0.767 bits per heavy atom. The van der Waals surface area contributed by atoms with E-state index in [2.05, 4.69) is 5.32 Å². The van der Waals surface area contributed by atoms with Crippen molar-refractivity contribution in [3.63, 3.8) is 0 Å². The van der Waals surface area contributed by atoms with E-state index in [1.165, 1.54) is 0 Å². The van der Waals surface area contributed by atoms with Crippen molar-refractivity contribution >= 4 is 35.6 Å². The molecule has 11 N–H and O–H groups in total. The number of nitrogens with two attached hydrogens (primary N) is 2. The van der Waals surface area contributed by atoms with E-state index in [1.54, 1.807) is 0 Å². The number of hydrogen-bond acceptors (Lipinski definition) is 9. The molecule has 0 spiro atoms. The minimum atomic E-state index is -1.78. The summed E-state index contributed by atoms with van der Waals surface area (Å²) in [5.41, 5.74) is 10.5. The third-order valence-corrected chi connectivity index (χ3v) is 3.66. The van der Waals surface area contributed by atoms with Gasteiger partial charge in [0.15, 0.2) is 0 Å². The van der Waals surface area contributed by atoms with Crippen molar-refractivity contribution in [3.8, 4) is 0 Å². The largest absolute Gasteiger partial charge is 0.481 e. The van der Waals surface area contributed by atoms with Crippen molar-refractivity contribution in [1.82, 2.24) is 16.0 Å². The second-order valence-electron chi connectivity index (χ2n) is 6.10. The number of carbonyl (C=O) groups excluding carboxylic acids is 4. The summed E-state index contributed by atoms with van der Waals surface area (Å²) in [5, 5.41) is 41.8. The first kappa shape index (κ1) is 26.7. The first-order chi connectivity index (χ1) is 13.9. The summed E-state index contributed by atoms with van der Waals surface area (Å²) in [6.45, 7) is -1.94. The zero-order valence-corrected chi connectivity index (χ0v) is 15.7. The number of primary amides is 1. The van der Waals surface area contributed by atoms with E-state index in [0.717, 1.165) is 0 Å². The van der Waals surface area contributed by atoms with Crippen LogP contribution >= 0.6 is 0 Å². The number of carbonyl (C=O) groups is 6. The van der Waals surface area contributed by atoms with E-state index in [0.29, 0.717) is 0 Å². The van der Waals surface area contributed by atoms with E-state index in [-0.39, 0.29) is 12.8 Å². The van der Waals surface area contributed by atoms with Crippen molar-refractivity contribution in [3.05, 3.63) is 0 Å². The monoisotopic (exact) mass is 435 g/mol. The highest BCUT2D eigenvalue weighted by atomic mass is 16.4. The second kappa shape index (κ2) is 13.0. The van der Waals surface area contributed by atoms with Crippen LogP contribution in [-0.4, -0.2) is 93.4 Å². The van der Waals surface area contributed by atoms with Crippen molar-refractivity contribution in [1.29, 1.82) is 0 Å². The molecule has 0 aliphatic carbocycles. The third-order valence-electron chi connectivity index (χ3n) is 3.66. The third kappa shape index (κ3) is 9.76. The number of aliphatic carboxylic acids is 2. The van der Waals surface area contributed by atoms with Crippen LogP contribution in [0.4, 0.5) is 0 Å². The Hall–Kier alpha value is -3.30. The Morgan fingerprint density at radius 3 is 1.67 bits per heavy atom. The molecule has 0 bridgehead atoms. The van der Waals surface area contributed by atoms with Gasteiger partial charge in [-0.2, -0.15) is 0 Å². The summed E-state index contributed by atoms with van der Waals surface area (Å²) in [6, 6.07) is -6.40. The molecule has 0 saturated heterocycles. The molecule has 0 heterocycles. The van der Waals surface area contributed by atoms with Gasteiger partial charge in [-0.25, -0.2) is 4.79 Å². The van der Waals surface area contributed by atoms with Gasteiger partial charge < -0.3 is 47.8 Å². The van der Waals surface area contributed by atoms with Gasteiger partial charge in [0, 0.05) is 6.42 Å². The highest BCUT2D eigenvalue weighted by Crippen LogP contribution is 1.99. The normalized spacial score (nSPS) is 14.5. The van der Waals surface area contributed by atoms with E-state index in [4.69, 9.17) is 26.8 Å². The molecular weight excluding hydrogens is 410 g/mol. The maximum atomic E-state index is 12.2. The standard InChI is InChI=1S/C15H25N5O10/c16-6(1-2-10(17)23)12(26)19-8(4-21)14(28)18-7(3-11(24)25)13(27)20-9(5-22)15(29)30/h6-9,21-22H,1-5,16H2,(H2,17,23)(H,18,28)(H,19,26)(H,20,27)(H,24,25)(H,29,30). The zero-order valence-electron chi connectivity index (χ0n) is 15.7. The second-order valence-corrected chi connectivity index (χ2v) is 6.10. The van der Waals surface area contributed by atoms with Crippen molar-refractivity contribution < 1.29 is 49.2 Å². The van der Waals surface area contributed by atoms with Gasteiger partial charge in [-0.15, -0.1) is 0 Å². The molecule has 0 radical (unpaired) electrons. The lowest BCUT2D eigenvalue weighted by Gasteiger charge is -2.23. The molecule has 0 aromatic rings. The molecule has 170 valence electrons. The van der Waals surface area contributed by atoms with Crippen LogP contribution in [0.5, 0.6) is 0 Å². The highest BCUT2D eigenvalue weighted by Gasteiger charge is 2.31. The summed E-state index contributed by atoms with van der Waals surface area (Å²) >= 11 is 0. The van der Waals surface area contributed by atoms with Gasteiger partial charge in [0.05, 0.1) is 25.7 Å². The van der Waals surface area contributed by atoms with Gasteiger partial charge in [-0.05, 0) is 6.42 Å². The van der Waals surface area contributed by atoms with E-state index in [9.17, 15) is 33.9 Å². The number of carboxylic acid groups (broad SMARTS) is 2. The fourth-order valence-corrected chi connectivity index (χ4v) is 2.02. The fourth-order valence-electron chi connectivity index (χ4n) is 2.02. The number of nitrogens with one attached hydrogen (secondary N) is 3. The Morgan fingerprint density at radius 2 is 1.23 bits per heavy atom. The number of carboxylic acids is 2. The van der Waals surface area contributed by atoms with Gasteiger partial charge in [0.2, 0.25) is 23.6 Å². The minimum absolute atomic E-state index is 0.136. The fraction of sp³-hybridized carbons (Fsp3) is 0.600. The number of amides is 4. The molecule has 0 saturated carbocycles. The summed E-state index contributed by atoms with van der Waals surface area (Å²) < 4.78 is 0. The number of rotatable bonds is 14. The Kier molecular flexibility index (Phi) is 11.6. The van der Waals surface area contributed by atoms with Crippen molar-refractivity contribution in [2.45, 2.75) is 43.4 Å². The van der Waals surface area contributed by atoms with Crippen LogP contribution in [0, 0.1) is 0 Å². The maximum absolute atomic E-state index is 12.2. The van der Waals surface area contributed by atoms with E-state index < -0.39 is 79.4 Å². The first-order valence-corrected chi connectivity index (χ1v) is 8.54. The predicted molar refractivity (Wildman–Crippen MR) is 96.3 cm³/mol. The molecule has 0 aliphatic heterocycles. The SMILES string of the molecule is NC(=O)CCC(N)C(=O)NC(CO)C(=O)NC(CC(=O)O)C(=O)NC(CO)C(=O)O. The molecule has 15 heteroatoms. The average molecular weight is 435 g/mol. The summed E-state index contributed by atoms with van der Waals surface area (Å²) in [7, 11) is 0. The lowest BCUT2D eigenvalue weighted by atomic mass is 10.1.